The van der Waals surface area contributed by atoms with Crippen molar-refractivity contribution in [3.8, 4) is 0 Å². The topological polar surface area (TPSA) is 75.8 Å². The first-order valence-corrected chi connectivity index (χ1v) is 8.25. The van der Waals surface area contributed by atoms with E-state index in [9.17, 15) is 9.90 Å². The van der Waals surface area contributed by atoms with Crippen LogP contribution in [0, 0.1) is 0 Å². The Morgan fingerprint density at radius 1 is 1.39 bits per heavy atom. The van der Waals surface area contributed by atoms with E-state index >= 15 is 0 Å². The lowest BCUT2D eigenvalue weighted by molar-refractivity contribution is 0.000868. The zero-order chi connectivity index (χ0) is 17.0. The number of hydrogen-bond donors (Lipinski definition) is 2. The predicted molar refractivity (Wildman–Crippen MR) is 90.1 cm³/mol. The molecule has 1 saturated heterocycles. The quantitative estimate of drug-likeness (QED) is 0.892. The minimum Gasteiger partial charge on any atom is -0.444 e. The molecule has 1 aliphatic heterocycles. The van der Waals surface area contributed by atoms with Crippen LogP contribution in [0.15, 0.2) is 30.3 Å². The van der Waals surface area contributed by atoms with Gasteiger partial charge >= 0.3 is 6.09 Å². The average molecular weight is 320 g/mol. The first-order chi connectivity index (χ1) is 10.8. The number of rotatable bonds is 4. The molecule has 1 fully saturated rings. The molecule has 3 N–H and O–H groups in total. The molecule has 1 aromatic rings. The summed E-state index contributed by atoms with van der Waals surface area (Å²) in [7, 11) is 0. The zero-order valence-corrected chi connectivity index (χ0v) is 14.2. The summed E-state index contributed by atoms with van der Waals surface area (Å²) >= 11 is 0. The number of aliphatic hydroxyl groups is 1. The van der Waals surface area contributed by atoms with Crippen molar-refractivity contribution in [3.63, 3.8) is 0 Å². The van der Waals surface area contributed by atoms with Gasteiger partial charge in [0.05, 0.1) is 12.1 Å². The predicted octanol–water partition coefficient (Wildman–Crippen LogP) is 2.32. The van der Waals surface area contributed by atoms with E-state index < -0.39 is 17.7 Å². The van der Waals surface area contributed by atoms with Gasteiger partial charge in [0.15, 0.2) is 0 Å². The van der Waals surface area contributed by atoms with Crippen LogP contribution in [0.25, 0.3) is 0 Å². The van der Waals surface area contributed by atoms with Gasteiger partial charge in [-0.1, -0.05) is 30.3 Å². The number of amides is 1. The Kier molecular flexibility index (Phi) is 5.65. The van der Waals surface area contributed by atoms with Crippen LogP contribution in [0.1, 0.15) is 39.2 Å². The number of carbonyl (C=O) groups excluding carboxylic acids is 1. The lowest BCUT2D eigenvalue weighted by Crippen LogP contribution is -2.52. The van der Waals surface area contributed by atoms with E-state index in [4.69, 9.17) is 10.5 Å². The summed E-state index contributed by atoms with van der Waals surface area (Å²) in [5.74, 6) is 0. The maximum atomic E-state index is 12.3. The first kappa shape index (κ1) is 17.8. The highest BCUT2D eigenvalue weighted by Gasteiger charge is 2.38. The van der Waals surface area contributed by atoms with Crippen LogP contribution in [0.2, 0.25) is 0 Å². The molecule has 5 heteroatoms. The van der Waals surface area contributed by atoms with Gasteiger partial charge in [-0.25, -0.2) is 4.79 Å². The zero-order valence-electron chi connectivity index (χ0n) is 14.2. The molecule has 0 bridgehead atoms. The van der Waals surface area contributed by atoms with Crippen molar-refractivity contribution < 1.29 is 14.6 Å². The monoisotopic (exact) mass is 320 g/mol. The van der Waals surface area contributed by atoms with Gasteiger partial charge in [0.25, 0.3) is 0 Å². The lowest BCUT2D eigenvalue weighted by Gasteiger charge is -2.33. The SMILES string of the molecule is CC(C)(C)OC(=O)N1CCC[C@@H]1[C@H](O)[C@H](N)Cc1ccccc1. The number of hydrogen-bond acceptors (Lipinski definition) is 4. The Hall–Kier alpha value is -1.59. The van der Waals surface area contributed by atoms with Gasteiger partial charge in [0.2, 0.25) is 0 Å². The number of nitrogens with zero attached hydrogens (tertiary/aromatic N) is 1. The van der Waals surface area contributed by atoms with Crippen molar-refractivity contribution in [3.05, 3.63) is 35.9 Å². The molecule has 0 saturated carbocycles. The number of benzene rings is 1. The van der Waals surface area contributed by atoms with Crippen molar-refractivity contribution in [1.82, 2.24) is 4.90 Å². The average Bonchev–Trinajstić information content (AvgIpc) is 2.95. The van der Waals surface area contributed by atoms with Crippen LogP contribution >= 0.6 is 0 Å². The van der Waals surface area contributed by atoms with Crippen LogP contribution in [-0.2, 0) is 11.2 Å². The van der Waals surface area contributed by atoms with Crippen LogP contribution in [-0.4, -0.2) is 46.4 Å². The standard InChI is InChI=1S/C18H28N2O3/c1-18(2,3)23-17(22)20-11-7-10-15(20)16(21)14(19)12-13-8-5-4-6-9-13/h4-6,8-9,14-16,21H,7,10-12,19H2,1-3H3/t14-,15-,16-/m1/s1. The maximum absolute atomic E-state index is 12.3. The number of carbonyl (C=O) groups is 1. The van der Waals surface area contributed by atoms with Crippen molar-refractivity contribution in [2.24, 2.45) is 5.73 Å². The largest absolute Gasteiger partial charge is 0.444 e. The second kappa shape index (κ2) is 7.32. The first-order valence-electron chi connectivity index (χ1n) is 8.25. The van der Waals surface area contributed by atoms with E-state index in [-0.39, 0.29) is 12.1 Å². The summed E-state index contributed by atoms with van der Waals surface area (Å²) in [5, 5.41) is 10.6. The van der Waals surface area contributed by atoms with Crippen LogP contribution < -0.4 is 5.73 Å². The van der Waals surface area contributed by atoms with Gasteiger partial charge in [-0.15, -0.1) is 0 Å². The van der Waals surface area contributed by atoms with E-state index in [1.54, 1.807) is 4.90 Å². The maximum Gasteiger partial charge on any atom is 0.410 e. The summed E-state index contributed by atoms with van der Waals surface area (Å²) in [6.45, 7) is 6.13. The van der Waals surface area contributed by atoms with Crippen LogP contribution in [0.5, 0.6) is 0 Å². The second-order valence-electron chi connectivity index (χ2n) is 7.23. The molecule has 1 aliphatic rings. The van der Waals surface area contributed by atoms with Crippen molar-refractivity contribution in [2.75, 3.05) is 6.54 Å². The van der Waals surface area contributed by atoms with E-state index in [0.717, 1.165) is 18.4 Å². The highest BCUT2D eigenvalue weighted by Crippen LogP contribution is 2.25. The molecule has 3 atom stereocenters. The van der Waals surface area contributed by atoms with Crippen LogP contribution in [0.3, 0.4) is 0 Å². The summed E-state index contributed by atoms with van der Waals surface area (Å²) < 4.78 is 5.44. The summed E-state index contributed by atoms with van der Waals surface area (Å²) in [6.07, 6.45) is 1.07. The third-order valence-corrected chi connectivity index (χ3v) is 4.07. The molecule has 0 aromatic heterocycles. The molecule has 0 spiro atoms. The molecule has 23 heavy (non-hydrogen) atoms. The van der Waals surface area contributed by atoms with Crippen molar-refractivity contribution >= 4 is 6.09 Å². The molecule has 2 rings (SSSR count). The minimum atomic E-state index is -0.759. The highest BCUT2D eigenvalue weighted by molar-refractivity contribution is 5.69. The normalized spacial score (nSPS) is 21.1. The highest BCUT2D eigenvalue weighted by atomic mass is 16.6. The number of likely N-dealkylation sites (tertiary alicyclic amines) is 1. The fourth-order valence-corrected chi connectivity index (χ4v) is 2.99. The number of ether oxygens (including phenoxy) is 1. The van der Waals surface area contributed by atoms with Gasteiger partial charge in [-0.05, 0) is 45.6 Å². The second-order valence-corrected chi connectivity index (χ2v) is 7.23. The fourth-order valence-electron chi connectivity index (χ4n) is 2.99. The Balaban J connectivity index is 1.99. The Labute approximate surface area is 138 Å². The fraction of sp³-hybridized carbons (Fsp3) is 0.611. The van der Waals surface area contributed by atoms with Crippen molar-refractivity contribution in [2.45, 2.75) is 63.8 Å². The minimum absolute atomic E-state index is 0.274. The molecule has 1 amide bonds. The lowest BCUT2D eigenvalue weighted by atomic mass is 9.96. The van der Waals surface area contributed by atoms with Gasteiger partial charge in [0.1, 0.15) is 5.60 Å². The molecule has 5 nitrogen and oxygen atoms in total. The molecular weight excluding hydrogens is 292 g/mol. The summed E-state index contributed by atoms with van der Waals surface area (Å²) in [5.41, 5.74) is 6.73. The van der Waals surface area contributed by atoms with E-state index in [1.807, 2.05) is 51.1 Å². The third kappa shape index (κ3) is 4.94. The molecular formula is C18H28N2O3. The number of aliphatic hydroxyl groups excluding tert-OH is 1. The Morgan fingerprint density at radius 3 is 2.65 bits per heavy atom. The number of nitrogens with two attached hydrogens (primary N) is 1. The summed E-state index contributed by atoms with van der Waals surface area (Å²) in [4.78, 5) is 13.9. The Morgan fingerprint density at radius 2 is 2.04 bits per heavy atom. The Bertz CT molecular complexity index is 513. The molecule has 0 unspecified atom stereocenters. The molecule has 1 heterocycles. The molecule has 128 valence electrons. The van der Waals surface area contributed by atoms with Gasteiger partial charge < -0.3 is 20.5 Å². The van der Waals surface area contributed by atoms with E-state index in [1.165, 1.54) is 0 Å². The van der Waals surface area contributed by atoms with Gasteiger partial charge in [0, 0.05) is 12.6 Å². The van der Waals surface area contributed by atoms with E-state index in [0.29, 0.717) is 13.0 Å². The van der Waals surface area contributed by atoms with Gasteiger partial charge in [-0.2, -0.15) is 0 Å². The van der Waals surface area contributed by atoms with Crippen molar-refractivity contribution in [1.29, 1.82) is 0 Å². The third-order valence-electron chi connectivity index (χ3n) is 4.07. The van der Waals surface area contributed by atoms with Gasteiger partial charge in [-0.3, -0.25) is 0 Å². The molecule has 0 radical (unpaired) electrons. The smallest absolute Gasteiger partial charge is 0.410 e. The molecule has 0 aliphatic carbocycles. The summed E-state index contributed by atoms with van der Waals surface area (Å²) in [6, 6.07) is 9.16. The molecule has 1 aromatic carbocycles. The van der Waals surface area contributed by atoms with E-state index in [2.05, 4.69) is 0 Å². The van der Waals surface area contributed by atoms with Crippen LogP contribution in [0.4, 0.5) is 4.79 Å².